The molecule has 0 aromatic carbocycles. The van der Waals surface area contributed by atoms with Gasteiger partial charge in [-0.25, -0.2) is 4.57 Å². The van der Waals surface area contributed by atoms with Crippen molar-refractivity contribution in [3.63, 3.8) is 0 Å². The summed E-state index contributed by atoms with van der Waals surface area (Å²) < 4.78 is 30.6. The van der Waals surface area contributed by atoms with Crippen molar-refractivity contribution in [1.29, 1.82) is 0 Å². The molecule has 2 unspecified atom stereocenters. The van der Waals surface area contributed by atoms with Crippen molar-refractivity contribution < 1.29 is 68.8 Å². The second-order valence-corrected chi connectivity index (χ2v) is 7.29. The van der Waals surface area contributed by atoms with Gasteiger partial charge in [-0.2, -0.15) is 0 Å². The summed E-state index contributed by atoms with van der Waals surface area (Å²) in [7, 11) is -5.10. The van der Waals surface area contributed by atoms with Gasteiger partial charge in [0, 0.05) is 0 Å². The summed E-state index contributed by atoms with van der Waals surface area (Å²) in [6.45, 7) is -1.65. The Labute approximate surface area is 152 Å². The number of phosphoric acid groups is 1. The number of hydrogen-bond acceptors (Lipinski definition) is 12. The zero-order chi connectivity index (χ0) is 20.5. The summed E-state index contributed by atoms with van der Waals surface area (Å²) >= 11 is 0. The van der Waals surface area contributed by atoms with Crippen molar-refractivity contribution >= 4 is 7.82 Å². The van der Waals surface area contributed by atoms with Crippen LogP contribution in [0.4, 0.5) is 0 Å². The van der Waals surface area contributed by atoms with Gasteiger partial charge in [0.05, 0.1) is 13.2 Å². The number of aliphatic hydroxyl groups is 7. The molecule has 0 saturated carbocycles. The van der Waals surface area contributed by atoms with E-state index in [0.29, 0.717) is 0 Å². The van der Waals surface area contributed by atoms with E-state index in [1.165, 1.54) is 0 Å². The molecule has 2 saturated heterocycles. The van der Waals surface area contributed by atoms with E-state index in [0.717, 1.165) is 0 Å². The maximum Gasteiger partial charge on any atom is 0.470 e. The molecule has 0 bridgehead atoms. The van der Waals surface area contributed by atoms with Gasteiger partial charge in [-0.15, -0.1) is 0 Å². The number of rotatable bonds is 6. The minimum Gasteiger partial charge on any atom is -0.394 e. The molecule has 0 radical (unpaired) electrons. The molecule has 0 aromatic rings. The lowest BCUT2D eigenvalue weighted by Gasteiger charge is -2.45. The molecule has 0 spiro atoms. The predicted molar refractivity (Wildman–Crippen MR) is 79.5 cm³/mol. The van der Waals surface area contributed by atoms with Crippen molar-refractivity contribution in [3.05, 3.63) is 0 Å². The first-order chi connectivity index (χ1) is 12.5. The number of phosphoric ester groups is 1. The summed E-state index contributed by atoms with van der Waals surface area (Å²) in [4.78, 5) is 17.7. The summed E-state index contributed by atoms with van der Waals surface area (Å²) in [5, 5.41) is 67.9. The highest BCUT2D eigenvalue weighted by molar-refractivity contribution is 7.46. The maximum atomic E-state index is 11.0. The largest absolute Gasteiger partial charge is 0.470 e. The third kappa shape index (κ3) is 5.20. The van der Waals surface area contributed by atoms with Gasteiger partial charge >= 0.3 is 7.82 Å². The molecule has 2 aliphatic rings. The van der Waals surface area contributed by atoms with Crippen LogP contribution in [0.25, 0.3) is 0 Å². The number of hydrogen-bond donors (Lipinski definition) is 9. The fourth-order valence-corrected chi connectivity index (χ4v) is 3.42. The SMILES string of the molecule is O=P(O)(O)O[C@H]1[C@H](O)[C@@H](O)C(O[C@H]2[C@H](O)[C@@H](O)C(O)O[C@@H]2CO)O[C@@H]1CO. The normalized spacial score (nSPS) is 46.4. The Morgan fingerprint density at radius 1 is 0.778 bits per heavy atom. The Balaban J connectivity index is 2.15. The van der Waals surface area contributed by atoms with E-state index in [1.807, 2.05) is 0 Å². The molecular formula is C12H23O14P. The molecule has 14 nitrogen and oxygen atoms in total. The first-order valence-electron chi connectivity index (χ1n) is 7.82. The van der Waals surface area contributed by atoms with Gasteiger partial charge in [0.25, 0.3) is 0 Å². The molecule has 2 fully saturated rings. The van der Waals surface area contributed by atoms with Crippen LogP contribution in [-0.4, -0.2) is 120 Å². The smallest absolute Gasteiger partial charge is 0.394 e. The molecule has 0 aromatic heterocycles. The minimum absolute atomic E-state index is 0.760. The summed E-state index contributed by atoms with van der Waals surface area (Å²) in [6.07, 6.45) is -17.3. The van der Waals surface area contributed by atoms with E-state index < -0.39 is 82.4 Å². The Kier molecular flexibility index (Phi) is 7.68. The van der Waals surface area contributed by atoms with Crippen LogP contribution in [0.1, 0.15) is 0 Å². The van der Waals surface area contributed by atoms with Crippen LogP contribution in [-0.2, 0) is 23.3 Å². The van der Waals surface area contributed by atoms with Crippen molar-refractivity contribution in [2.24, 2.45) is 0 Å². The first kappa shape index (κ1) is 23.0. The van der Waals surface area contributed by atoms with Crippen LogP contribution in [0.2, 0.25) is 0 Å². The van der Waals surface area contributed by atoms with Gasteiger partial charge in [0.1, 0.15) is 48.8 Å². The van der Waals surface area contributed by atoms with Crippen LogP contribution in [0.15, 0.2) is 0 Å². The number of aliphatic hydroxyl groups excluding tert-OH is 7. The third-order valence-corrected chi connectivity index (χ3v) is 4.73. The molecule has 15 heteroatoms. The van der Waals surface area contributed by atoms with Crippen LogP contribution < -0.4 is 0 Å². The topological polar surface area (TPSA) is 236 Å². The highest BCUT2D eigenvalue weighted by atomic mass is 31.2. The Morgan fingerprint density at radius 2 is 1.30 bits per heavy atom. The van der Waals surface area contributed by atoms with E-state index in [1.54, 1.807) is 0 Å². The Morgan fingerprint density at radius 3 is 1.81 bits per heavy atom. The van der Waals surface area contributed by atoms with Gasteiger partial charge in [0.2, 0.25) is 0 Å². The molecule has 2 aliphatic heterocycles. The van der Waals surface area contributed by atoms with Crippen molar-refractivity contribution in [2.45, 2.75) is 61.4 Å². The van der Waals surface area contributed by atoms with E-state index in [9.17, 15) is 40.3 Å². The molecule has 0 aliphatic carbocycles. The van der Waals surface area contributed by atoms with Gasteiger partial charge in [-0.1, -0.05) is 0 Å². The lowest BCUT2D eigenvalue weighted by molar-refractivity contribution is -0.354. The lowest BCUT2D eigenvalue weighted by Crippen LogP contribution is -2.64. The van der Waals surface area contributed by atoms with E-state index >= 15 is 0 Å². The minimum atomic E-state index is -5.10. The maximum absolute atomic E-state index is 11.0. The van der Waals surface area contributed by atoms with Crippen LogP contribution >= 0.6 is 7.82 Å². The third-order valence-electron chi connectivity index (χ3n) is 4.21. The molecule has 27 heavy (non-hydrogen) atoms. The quantitative estimate of drug-likeness (QED) is 0.182. The van der Waals surface area contributed by atoms with E-state index in [4.69, 9.17) is 24.0 Å². The molecule has 2 rings (SSSR count). The fourth-order valence-electron chi connectivity index (χ4n) is 2.84. The van der Waals surface area contributed by atoms with Gasteiger partial charge in [0.15, 0.2) is 12.6 Å². The Bertz CT molecular complexity index is 524. The second-order valence-electron chi connectivity index (χ2n) is 6.10. The molecule has 9 N–H and O–H groups in total. The van der Waals surface area contributed by atoms with Crippen LogP contribution in [0, 0.1) is 0 Å². The molecular weight excluding hydrogens is 399 g/mol. The predicted octanol–water partition coefficient (Wildman–Crippen LogP) is -5.28. The molecule has 2 heterocycles. The first-order valence-corrected chi connectivity index (χ1v) is 9.35. The Hall–Kier alpha value is -0.290. The van der Waals surface area contributed by atoms with Crippen molar-refractivity contribution in [2.75, 3.05) is 13.2 Å². The van der Waals surface area contributed by atoms with Gasteiger partial charge < -0.3 is 59.7 Å². The summed E-state index contributed by atoms with van der Waals surface area (Å²) in [5.41, 5.74) is 0. The average molecular weight is 422 g/mol. The zero-order valence-electron chi connectivity index (χ0n) is 13.7. The molecule has 0 amide bonds. The highest BCUT2D eigenvalue weighted by Crippen LogP contribution is 2.41. The molecule has 10 atom stereocenters. The van der Waals surface area contributed by atoms with Gasteiger partial charge in [-0.05, 0) is 0 Å². The fraction of sp³-hybridized carbons (Fsp3) is 1.00. The second kappa shape index (κ2) is 9.02. The highest BCUT2D eigenvalue weighted by Gasteiger charge is 2.51. The number of ether oxygens (including phenoxy) is 3. The van der Waals surface area contributed by atoms with Gasteiger partial charge in [-0.3, -0.25) is 4.52 Å². The van der Waals surface area contributed by atoms with Crippen LogP contribution in [0.3, 0.4) is 0 Å². The average Bonchev–Trinajstić information content (AvgIpc) is 2.60. The summed E-state index contributed by atoms with van der Waals surface area (Å²) in [6, 6.07) is 0. The van der Waals surface area contributed by atoms with Crippen molar-refractivity contribution in [1.82, 2.24) is 0 Å². The molecule has 160 valence electrons. The van der Waals surface area contributed by atoms with Crippen LogP contribution in [0.5, 0.6) is 0 Å². The van der Waals surface area contributed by atoms with Crippen molar-refractivity contribution in [3.8, 4) is 0 Å². The lowest BCUT2D eigenvalue weighted by atomic mass is 9.97. The van der Waals surface area contributed by atoms with E-state index in [-0.39, 0.29) is 0 Å². The standard InChI is InChI=1S/C12H23O14P/c13-1-3-9(5(15)7(17)11(19)23-3)25-12-8(18)6(16)10(4(2-14)24-12)26-27(20,21)22/h3-19H,1-2H2,(H2,20,21,22)/t3-,4-,5-,6-,7-,8-,9-,10-,11?,12?/m1/s1. The zero-order valence-corrected chi connectivity index (χ0v) is 14.6. The van der Waals surface area contributed by atoms with E-state index in [2.05, 4.69) is 4.52 Å². The monoisotopic (exact) mass is 422 g/mol. The summed E-state index contributed by atoms with van der Waals surface area (Å²) in [5.74, 6) is 0.